The molecule has 1 N–H and O–H groups in total. The second-order valence-corrected chi connectivity index (χ2v) is 6.21. The van der Waals surface area contributed by atoms with E-state index in [1.807, 2.05) is 38.2 Å². The number of piperidine rings is 1. The summed E-state index contributed by atoms with van der Waals surface area (Å²) in [6.07, 6.45) is 3.92. The maximum absolute atomic E-state index is 5.29. The van der Waals surface area contributed by atoms with E-state index in [0.29, 0.717) is 6.04 Å². The van der Waals surface area contributed by atoms with Gasteiger partial charge in [0.05, 0.1) is 13.2 Å². The maximum Gasteiger partial charge on any atom is 0.193 e. The Kier molecular flexibility index (Phi) is 6.71. The molecule has 0 bridgehead atoms. The topological polar surface area (TPSA) is 40.1 Å². The zero-order valence-electron chi connectivity index (χ0n) is 14.9. The standard InChI is InChI=1S/C18H30N4O/c1-19-18(21(2)3)20-14-17(22-12-6-5-7-13-22)15-8-10-16(23-4)11-9-15/h8-11,17H,5-7,12-14H2,1-4H3,(H,19,20). The minimum Gasteiger partial charge on any atom is -0.497 e. The van der Waals surface area contributed by atoms with E-state index in [2.05, 4.69) is 27.3 Å². The summed E-state index contributed by atoms with van der Waals surface area (Å²) < 4.78 is 5.29. The summed E-state index contributed by atoms with van der Waals surface area (Å²) >= 11 is 0. The average Bonchev–Trinajstić information content (AvgIpc) is 2.59. The SMILES string of the molecule is CN=C(NCC(c1ccc(OC)cc1)N1CCCCC1)N(C)C. The third-order valence-corrected chi connectivity index (χ3v) is 4.42. The van der Waals surface area contributed by atoms with Gasteiger partial charge in [0.15, 0.2) is 5.96 Å². The van der Waals surface area contributed by atoms with Crippen LogP contribution in [0.25, 0.3) is 0 Å². The van der Waals surface area contributed by atoms with Gasteiger partial charge in [-0.1, -0.05) is 18.6 Å². The molecule has 1 atom stereocenters. The third kappa shape index (κ3) is 4.86. The number of benzene rings is 1. The highest BCUT2D eigenvalue weighted by Gasteiger charge is 2.22. The molecule has 1 heterocycles. The Labute approximate surface area is 140 Å². The number of aliphatic imine (C=N–C) groups is 1. The molecule has 1 unspecified atom stereocenters. The predicted octanol–water partition coefficient (Wildman–Crippen LogP) is 2.36. The Morgan fingerprint density at radius 1 is 1.22 bits per heavy atom. The van der Waals surface area contributed by atoms with Crippen molar-refractivity contribution in [3.63, 3.8) is 0 Å². The lowest BCUT2D eigenvalue weighted by molar-refractivity contribution is 0.163. The van der Waals surface area contributed by atoms with Gasteiger partial charge in [-0.15, -0.1) is 0 Å². The highest BCUT2D eigenvalue weighted by Crippen LogP contribution is 2.25. The first-order valence-electron chi connectivity index (χ1n) is 8.41. The zero-order valence-corrected chi connectivity index (χ0v) is 14.9. The average molecular weight is 318 g/mol. The van der Waals surface area contributed by atoms with Crippen molar-refractivity contribution in [2.24, 2.45) is 4.99 Å². The lowest BCUT2D eigenvalue weighted by Gasteiger charge is -2.35. The van der Waals surface area contributed by atoms with E-state index in [9.17, 15) is 0 Å². The van der Waals surface area contributed by atoms with E-state index >= 15 is 0 Å². The van der Waals surface area contributed by atoms with Gasteiger partial charge in [0.25, 0.3) is 0 Å². The van der Waals surface area contributed by atoms with Crippen molar-refractivity contribution in [2.75, 3.05) is 47.9 Å². The van der Waals surface area contributed by atoms with Gasteiger partial charge < -0.3 is 15.0 Å². The van der Waals surface area contributed by atoms with Gasteiger partial charge >= 0.3 is 0 Å². The van der Waals surface area contributed by atoms with Crippen molar-refractivity contribution < 1.29 is 4.74 Å². The van der Waals surface area contributed by atoms with Crippen molar-refractivity contribution >= 4 is 5.96 Å². The van der Waals surface area contributed by atoms with E-state index in [-0.39, 0.29) is 0 Å². The summed E-state index contributed by atoms with van der Waals surface area (Å²) in [5.41, 5.74) is 1.33. The first-order chi connectivity index (χ1) is 11.2. The summed E-state index contributed by atoms with van der Waals surface area (Å²) in [6.45, 7) is 3.19. The van der Waals surface area contributed by atoms with E-state index in [1.54, 1.807) is 7.11 Å². The number of ether oxygens (including phenoxy) is 1. The Morgan fingerprint density at radius 3 is 2.39 bits per heavy atom. The van der Waals surface area contributed by atoms with Gasteiger partial charge in [0, 0.05) is 27.7 Å². The molecule has 0 spiro atoms. The van der Waals surface area contributed by atoms with Gasteiger partial charge in [-0.2, -0.15) is 0 Å². The van der Waals surface area contributed by atoms with Crippen LogP contribution in [-0.4, -0.2) is 63.6 Å². The molecule has 0 amide bonds. The zero-order chi connectivity index (χ0) is 16.7. The molecule has 0 aromatic heterocycles. The Hall–Kier alpha value is -1.75. The minimum atomic E-state index is 0.359. The molecule has 1 aromatic carbocycles. The van der Waals surface area contributed by atoms with Crippen LogP contribution >= 0.6 is 0 Å². The largest absolute Gasteiger partial charge is 0.497 e. The first-order valence-corrected chi connectivity index (χ1v) is 8.41. The van der Waals surface area contributed by atoms with Gasteiger partial charge in [-0.05, 0) is 43.6 Å². The molecule has 5 nitrogen and oxygen atoms in total. The van der Waals surface area contributed by atoms with Crippen molar-refractivity contribution in [2.45, 2.75) is 25.3 Å². The number of likely N-dealkylation sites (tertiary alicyclic amines) is 1. The number of nitrogens with one attached hydrogen (secondary N) is 1. The monoisotopic (exact) mass is 318 g/mol. The Balaban J connectivity index is 2.13. The number of methoxy groups -OCH3 is 1. The number of hydrogen-bond donors (Lipinski definition) is 1. The quantitative estimate of drug-likeness (QED) is 0.668. The summed E-state index contributed by atoms with van der Waals surface area (Å²) in [6, 6.07) is 8.81. The van der Waals surface area contributed by atoms with Crippen LogP contribution in [0.2, 0.25) is 0 Å². The Morgan fingerprint density at radius 2 is 1.87 bits per heavy atom. The van der Waals surface area contributed by atoms with Crippen LogP contribution in [0, 0.1) is 0 Å². The van der Waals surface area contributed by atoms with Crippen molar-refractivity contribution in [3.8, 4) is 5.75 Å². The summed E-state index contributed by atoms with van der Waals surface area (Å²) in [5, 5.41) is 3.50. The molecule has 2 rings (SSSR count). The molecule has 0 aliphatic carbocycles. The summed E-state index contributed by atoms with van der Waals surface area (Å²) in [4.78, 5) is 8.92. The van der Waals surface area contributed by atoms with Crippen LogP contribution < -0.4 is 10.1 Å². The molecule has 128 valence electrons. The number of nitrogens with zero attached hydrogens (tertiary/aromatic N) is 3. The van der Waals surface area contributed by atoms with Crippen LogP contribution in [-0.2, 0) is 0 Å². The predicted molar refractivity (Wildman–Crippen MR) is 96.2 cm³/mol. The summed E-state index contributed by atoms with van der Waals surface area (Å²) in [5.74, 6) is 1.82. The van der Waals surface area contributed by atoms with Crippen LogP contribution in [0.3, 0.4) is 0 Å². The van der Waals surface area contributed by atoms with Gasteiger partial charge in [-0.3, -0.25) is 9.89 Å². The molecule has 1 aromatic rings. The molecule has 1 aliphatic rings. The Bertz CT molecular complexity index is 492. The van der Waals surface area contributed by atoms with Gasteiger partial charge in [-0.25, -0.2) is 0 Å². The van der Waals surface area contributed by atoms with Crippen LogP contribution in [0.1, 0.15) is 30.9 Å². The molecule has 1 saturated heterocycles. The van der Waals surface area contributed by atoms with Crippen molar-refractivity contribution in [1.82, 2.24) is 15.1 Å². The molecule has 5 heteroatoms. The fraction of sp³-hybridized carbons (Fsp3) is 0.611. The smallest absolute Gasteiger partial charge is 0.193 e. The molecular weight excluding hydrogens is 288 g/mol. The number of hydrogen-bond acceptors (Lipinski definition) is 3. The highest BCUT2D eigenvalue weighted by atomic mass is 16.5. The lowest BCUT2D eigenvalue weighted by atomic mass is 10.0. The van der Waals surface area contributed by atoms with E-state index in [0.717, 1.165) is 18.3 Å². The highest BCUT2D eigenvalue weighted by molar-refractivity contribution is 5.79. The maximum atomic E-state index is 5.29. The first kappa shape index (κ1) is 17.6. The third-order valence-electron chi connectivity index (χ3n) is 4.42. The molecule has 0 radical (unpaired) electrons. The summed E-state index contributed by atoms with van der Waals surface area (Å²) in [7, 11) is 7.56. The van der Waals surface area contributed by atoms with Crippen molar-refractivity contribution in [1.29, 1.82) is 0 Å². The minimum absolute atomic E-state index is 0.359. The van der Waals surface area contributed by atoms with E-state index in [4.69, 9.17) is 4.74 Å². The second kappa shape index (κ2) is 8.77. The van der Waals surface area contributed by atoms with E-state index < -0.39 is 0 Å². The number of guanidine groups is 1. The number of rotatable bonds is 5. The van der Waals surface area contributed by atoms with Crippen molar-refractivity contribution in [3.05, 3.63) is 29.8 Å². The van der Waals surface area contributed by atoms with Gasteiger partial charge in [0.2, 0.25) is 0 Å². The van der Waals surface area contributed by atoms with Crippen LogP contribution in [0.5, 0.6) is 5.75 Å². The molecule has 1 aliphatic heterocycles. The normalized spacial score (nSPS) is 17.7. The fourth-order valence-electron chi connectivity index (χ4n) is 3.14. The molecule has 0 saturated carbocycles. The fourth-order valence-corrected chi connectivity index (χ4v) is 3.14. The van der Waals surface area contributed by atoms with E-state index in [1.165, 1.54) is 37.9 Å². The lowest BCUT2D eigenvalue weighted by Crippen LogP contribution is -2.44. The van der Waals surface area contributed by atoms with Crippen LogP contribution in [0.15, 0.2) is 29.3 Å². The molecular formula is C18H30N4O. The molecule has 23 heavy (non-hydrogen) atoms. The van der Waals surface area contributed by atoms with Crippen LogP contribution in [0.4, 0.5) is 0 Å². The molecule has 1 fully saturated rings. The second-order valence-electron chi connectivity index (χ2n) is 6.21. The van der Waals surface area contributed by atoms with Gasteiger partial charge in [0.1, 0.15) is 5.75 Å².